The van der Waals surface area contributed by atoms with E-state index >= 15 is 0 Å². The van der Waals surface area contributed by atoms with Crippen molar-refractivity contribution < 1.29 is 27.5 Å². The first-order valence-electron chi connectivity index (χ1n) is 15.3. The summed E-state index contributed by atoms with van der Waals surface area (Å²) in [7, 11) is 1.39. The second-order valence-electron chi connectivity index (χ2n) is 11.7. The number of alkyl halides is 3. The van der Waals surface area contributed by atoms with Gasteiger partial charge in [0.1, 0.15) is 5.52 Å². The van der Waals surface area contributed by atoms with Crippen LogP contribution >= 0.6 is 23.2 Å². The van der Waals surface area contributed by atoms with Crippen molar-refractivity contribution >= 4 is 63.3 Å². The molecule has 0 bridgehead atoms. The number of amides is 1. The summed E-state index contributed by atoms with van der Waals surface area (Å²) in [6, 6.07) is 14.7. The molecule has 11 nitrogen and oxygen atoms in total. The summed E-state index contributed by atoms with van der Waals surface area (Å²) in [5.74, 6) is -2.33. The number of aryl methyl sites for hydroxylation is 1. The van der Waals surface area contributed by atoms with Crippen molar-refractivity contribution in [3.05, 3.63) is 88.1 Å². The second-order valence-corrected chi connectivity index (χ2v) is 12.4. The Morgan fingerprint density at radius 1 is 0.980 bits per heavy atom. The number of pyridine rings is 1. The van der Waals surface area contributed by atoms with E-state index in [4.69, 9.17) is 27.9 Å². The van der Waals surface area contributed by atoms with Crippen LogP contribution in [0.15, 0.2) is 60.8 Å². The van der Waals surface area contributed by atoms with Gasteiger partial charge in [-0.3, -0.25) is 24.2 Å². The van der Waals surface area contributed by atoms with Crippen LogP contribution in [0.5, 0.6) is 0 Å². The smallest absolute Gasteiger partial charge is 0.451 e. The van der Waals surface area contributed by atoms with Gasteiger partial charge in [-0.25, -0.2) is 9.97 Å². The van der Waals surface area contributed by atoms with Crippen molar-refractivity contribution in [1.82, 2.24) is 29.6 Å². The van der Waals surface area contributed by atoms with Gasteiger partial charge in [0.2, 0.25) is 5.82 Å². The summed E-state index contributed by atoms with van der Waals surface area (Å²) in [5, 5.41) is 10.6. The van der Waals surface area contributed by atoms with E-state index in [-0.39, 0.29) is 56.2 Å². The van der Waals surface area contributed by atoms with Crippen LogP contribution in [-0.2, 0) is 22.3 Å². The molecule has 5 heterocycles. The maximum Gasteiger partial charge on any atom is 0.451 e. The first kappa shape index (κ1) is 32.7. The summed E-state index contributed by atoms with van der Waals surface area (Å²) in [5.41, 5.74) is 2.75. The SMILES string of the molecule is COC(=O)C1CN([C@H]2CCCn3nc(C(=O)Nc4cccc(-c5cccc(Nc6nc(C(F)(F)F)nc7cccnc67)c5Cl)c4Cl)cc32)C1. The summed E-state index contributed by atoms with van der Waals surface area (Å²) in [6.07, 6.45) is -1.59. The molecule has 7 rings (SSSR count). The van der Waals surface area contributed by atoms with Crippen molar-refractivity contribution in [2.45, 2.75) is 31.6 Å². The molecule has 1 amide bonds. The number of carbonyl (C=O) groups is 2. The van der Waals surface area contributed by atoms with Crippen molar-refractivity contribution in [3.8, 4) is 11.1 Å². The molecule has 2 N–H and O–H groups in total. The van der Waals surface area contributed by atoms with Gasteiger partial charge >= 0.3 is 12.1 Å². The first-order chi connectivity index (χ1) is 23.5. The van der Waals surface area contributed by atoms with Crippen molar-refractivity contribution in [2.24, 2.45) is 5.92 Å². The molecule has 1 saturated heterocycles. The van der Waals surface area contributed by atoms with Crippen LogP contribution in [0.4, 0.5) is 30.4 Å². The van der Waals surface area contributed by atoms with E-state index in [1.807, 2.05) is 4.68 Å². The number of esters is 1. The van der Waals surface area contributed by atoms with Crippen LogP contribution in [0.1, 0.15) is 40.9 Å². The van der Waals surface area contributed by atoms with Gasteiger partial charge in [-0.15, -0.1) is 0 Å². The third-order valence-electron chi connectivity index (χ3n) is 8.61. The van der Waals surface area contributed by atoms with E-state index in [0.717, 1.165) is 18.5 Å². The van der Waals surface area contributed by atoms with E-state index < -0.39 is 17.9 Å². The van der Waals surface area contributed by atoms with Crippen molar-refractivity contribution in [2.75, 3.05) is 30.8 Å². The summed E-state index contributed by atoms with van der Waals surface area (Å²) >= 11 is 13.6. The fourth-order valence-electron chi connectivity index (χ4n) is 6.19. The van der Waals surface area contributed by atoms with E-state index in [1.165, 1.54) is 25.4 Å². The quantitative estimate of drug-likeness (QED) is 0.169. The molecule has 2 aromatic carbocycles. The number of rotatable bonds is 7. The largest absolute Gasteiger partial charge is 0.469 e. The van der Waals surface area contributed by atoms with Gasteiger partial charge < -0.3 is 15.4 Å². The number of hydrogen-bond acceptors (Lipinski definition) is 9. The predicted molar refractivity (Wildman–Crippen MR) is 177 cm³/mol. The third-order valence-corrected chi connectivity index (χ3v) is 9.43. The van der Waals surface area contributed by atoms with Gasteiger partial charge in [0.05, 0.1) is 51.7 Å². The van der Waals surface area contributed by atoms with Crippen molar-refractivity contribution in [1.29, 1.82) is 0 Å². The molecular formula is C33H27Cl2F3N8O3. The molecule has 0 saturated carbocycles. The Bertz CT molecular complexity index is 2100. The van der Waals surface area contributed by atoms with Crippen molar-refractivity contribution in [3.63, 3.8) is 0 Å². The summed E-state index contributed by atoms with van der Waals surface area (Å²) < 4.78 is 47.5. The molecule has 1 fully saturated rings. The molecule has 2 aliphatic heterocycles. The number of benzene rings is 2. The molecule has 0 unspecified atom stereocenters. The number of anilines is 3. The minimum absolute atomic E-state index is 0.00734. The lowest BCUT2D eigenvalue weighted by Gasteiger charge is -2.44. The van der Waals surface area contributed by atoms with Gasteiger partial charge in [-0.2, -0.15) is 18.3 Å². The Morgan fingerprint density at radius 3 is 2.41 bits per heavy atom. The van der Waals surface area contributed by atoms with E-state index in [2.05, 4.69) is 35.6 Å². The Hall–Kier alpha value is -4.79. The number of likely N-dealkylation sites (tertiary alicyclic amines) is 1. The molecule has 16 heteroatoms. The number of fused-ring (bicyclic) bond motifs is 2. The Morgan fingerprint density at radius 2 is 1.69 bits per heavy atom. The number of nitrogens with one attached hydrogen (secondary N) is 2. The average molecular weight is 712 g/mol. The average Bonchev–Trinajstić information content (AvgIpc) is 3.51. The first-order valence-corrected chi connectivity index (χ1v) is 16.0. The van der Waals surface area contributed by atoms with Crippen LogP contribution in [0.25, 0.3) is 22.2 Å². The van der Waals surface area contributed by atoms with Crippen LogP contribution in [0.3, 0.4) is 0 Å². The monoisotopic (exact) mass is 710 g/mol. The van der Waals surface area contributed by atoms with Gasteiger partial charge in [-0.1, -0.05) is 47.5 Å². The van der Waals surface area contributed by atoms with Gasteiger partial charge in [0.25, 0.3) is 5.91 Å². The molecule has 1 atom stereocenters. The number of nitrogens with zero attached hydrogens (tertiary/aromatic N) is 6. The zero-order valence-corrected chi connectivity index (χ0v) is 27.3. The topological polar surface area (TPSA) is 127 Å². The highest BCUT2D eigenvalue weighted by molar-refractivity contribution is 6.39. The number of hydrogen-bond donors (Lipinski definition) is 2. The fraction of sp³-hybridized carbons (Fsp3) is 0.273. The molecule has 2 aliphatic rings. The Labute approximate surface area is 287 Å². The lowest BCUT2D eigenvalue weighted by atomic mass is 9.93. The molecular weight excluding hydrogens is 684 g/mol. The predicted octanol–water partition coefficient (Wildman–Crippen LogP) is 7.15. The number of methoxy groups -OCH3 is 1. The number of halogens is 5. The van der Waals surface area contributed by atoms with Gasteiger partial charge in [-0.05, 0) is 43.2 Å². The minimum Gasteiger partial charge on any atom is -0.469 e. The zero-order chi connectivity index (χ0) is 34.4. The Kier molecular flexibility index (Phi) is 8.63. The highest BCUT2D eigenvalue weighted by Crippen LogP contribution is 2.42. The molecule has 5 aromatic rings. The number of carbonyl (C=O) groups excluding carboxylic acids is 2. The van der Waals surface area contributed by atoms with Crippen LogP contribution in [-0.4, -0.2) is 61.7 Å². The highest BCUT2D eigenvalue weighted by Gasteiger charge is 2.40. The molecule has 49 heavy (non-hydrogen) atoms. The van der Waals surface area contributed by atoms with Crippen LogP contribution in [0.2, 0.25) is 10.0 Å². The minimum atomic E-state index is -4.79. The van der Waals surface area contributed by atoms with Gasteiger partial charge in [0.15, 0.2) is 11.5 Å². The second kappa shape index (κ2) is 12.9. The summed E-state index contributed by atoms with van der Waals surface area (Å²) in [4.78, 5) is 39.0. The molecule has 0 spiro atoms. The fourth-order valence-corrected chi connectivity index (χ4v) is 6.74. The van der Waals surface area contributed by atoms with E-state index in [9.17, 15) is 22.8 Å². The van der Waals surface area contributed by atoms with Crippen LogP contribution < -0.4 is 10.6 Å². The van der Waals surface area contributed by atoms with E-state index in [1.54, 1.807) is 42.5 Å². The van der Waals surface area contributed by atoms with Gasteiger partial charge in [0, 0.05) is 37.0 Å². The molecule has 0 radical (unpaired) electrons. The summed E-state index contributed by atoms with van der Waals surface area (Å²) in [6.45, 7) is 1.85. The molecule has 3 aromatic heterocycles. The highest BCUT2D eigenvalue weighted by atomic mass is 35.5. The molecule has 252 valence electrons. The molecule has 0 aliphatic carbocycles. The number of aromatic nitrogens is 5. The lowest BCUT2D eigenvalue weighted by Crippen LogP contribution is -2.52. The third kappa shape index (κ3) is 6.27. The lowest BCUT2D eigenvalue weighted by molar-refractivity contribution is -0.153. The normalized spacial score (nSPS) is 16.6. The van der Waals surface area contributed by atoms with Crippen LogP contribution in [0, 0.1) is 5.92 Å². The maximum absolute atomic E-state index is 13.6. The standard InChI is InChI=1S/C33H27Cl2F3N8O3/c1-49-31(48)17-15-45(16-17)24-11-5-13-46-25(24)14-23(44-46)30(47)41-21-9-3-7-19(27(21)35)18-6-2-8-20(26(18)34)40-29-28-22(10-4-12-39-28)42-32(43-29)33(36,37)38/h2-4,6-10,12,14,17,24H,5,11,13,15-16H2,1H3,(H,41,47)(H,40,42,43)/t24-/m0/s1. The van der Waals surface area contributed by atoms with E-state index in [0.29, 0.717) is 36.4 Å². The maximum atomic E-state index is 13.6. The number of ether oxygens (including phenoxy) is 1. The Balaban J connectivity index is 1.13. The zero-order valence-electron chi connectivity index (χ0n) is 25.8.